The highest BCUT2D eigenvalue weighted by molar-refractivity contribution is 5.72. The van der Waals surface area contributed by atoms with Crippen LogP contribution < -0.4 is 11.3 Å². The molecule has 0 aromatic carbocycles. The molecule has 2 aromatic heterocycles. The van der Waals surface area contributed by atoms with Gasteiger partial charge in [-0.25, -0.2) is 4.98 Å². The molecule has 11 nitrogen and oxygen atoms in total. The monoisotopic (exact) mass is 435 g/mol. The summed E-state index contributed by atoms with van der Waals surface area (Å²) in [4.78, 5) is 46.5. The standard InChI is InChI=1S/C18H25N5O6.C2H4/c1-8(2)16(25)27-6-11-10(29-17(26)9(3)4)5-12(28-11)23-7-20-13-14(23)21-18(19)22-15(13)24;1-2/h7-12H,5-6H2,1-4H3,(H3,19,21,22,24);1-2H2/t10-,11?,12?;/m0./s1. The van der Waals surface area contributed by atoms with Crippen LogP contribution in [0.15, 0.2) is 24.3 Å². The zero-order chi connectivity index (χ0) is 23.3. The average Bonchev–Trinajstić information content (AvgIpc) is 3.31. The first kappa shape index (κ1) is 24.1. The zero-order valence-corrected chi connectivity index (χ0v) is 18.2. The number of imidazole rings is 1. The number of anilines is 1. The fourth-order valence-corrected chi connectivity index (χ4v) is 2.92. The van der Waals surface area contributed by atoms with Crippen LogP contribution >= 0.6 is 0 Å². The van der Waals surface area contributed by atoms with Gasteiger partial charge in [0.25, 0.3) is 5.56 Å². The second-order valence-corrected chi connectivity index (χ2v) is 7.55. The summed E-state index contributed by atoms with van der Waals surface area (Å²) in [6.45, 7) is 12.8. The van der Waals surface area contributed by atoms with Gasteiger partial charge in [0, 0.05) is 6.42 Å². The first-order chi connectivity index (χ1) is 14.7. The largest absolute Gasteiger partial charge is 0.463 e. The third kappa shape index (κ3) is 5.48. The Kier molecular flexibility index (Phi) is 7.92. The Labute approximate surface area is 179 Å². The third-order valence-electron chi connectivity index (χ3n) is 4.54. The van der Waals surface area contributed by atoms with Crippen molar-refractivity contribution in [1.82, 2.24) is 19.5 Å². The number of ether oxygens (including phenoxy) is 3. The van der Waals surface area contributed by atoms with Crippen LogP contribution in [0, 0.1) is 11.8 Å². The van der Waals surface area contributed by atoms with E-state index in [9.17, 15) is 14.4 Å². The van der Waals surface area contributed by atoms with Gasteiger partial charge in [0.05, 0.1) is 18.2 Å². The summed E-state index contributed by atoms with van der Waals surface area (Å²) in [6.07, 6.45) is -0.224. The highest BCUT2D eigenvalue weighted by Crippen LogP contribution is 2.33. The average molecular weight is 435 g/mol. The molecule has 3 atom stereocenters. The van der Waals surface area contributed by atoms with Gasteiger partial charge < -0.3 is 19.9 Å². The number of H-pyrrole nitrogens is 1. The van der Waals surface area contributed by atoms with Crippen LogP contribution in [0.2, 0.25) is 0 Å². The molecule has 1 saturated heterocycles. The highest BCUT2D eigenvalue weighted by atomic mass is 16.6. The lowest BCUT2D eigenvalue weighted by molar-refractivity contribution is -0.162. The minimum Gasteiger partial charge on any atom is -0.463 e. The van der Waals surface area contributed by atoms with Crippen LogP contribution in [0.4, 0.5) is 5.95 Å². The first-order valence-corrected chi connectivity index (χ1v) is 9.92. The molecule has 2 aromatic rings. The molecule has 3 rings (SSSR count). The Balaban J connectivity index is 0.00000166. The van der Waals surface area contributed by atoms with Crippen molar-refractivity contribution in [2.45, 2.75) is 52.6 Å². The number of nitrogens with zero attached hydrogens (tertiary/aromatic N) is 3. The molecule has 0 saturated carbocycles. The maximum absolute atomic E-state index is 12.1. The van der Waals surface area contributed by atoms with Crippen molar-refractivity contribution >= 4 is 29.1 Å². The highest BCUT2D eigenvalue weighted by Gasteiger charge is 2.40. The van der Waals surface area contributed by atoms with E-state index in [1.54, 1.807) is 32.3 Å². The zero-order valence-electron chi connectivity index (χ0n) is 18.2. The van der Waals surface area contributed by atoms with Crippen molar-refractivity contribution in [1.29, 1.82) is 0 Å². The molecule has 3 N–H and O–H groups in total. The van der Waals surface area contributed by atoms with E-state index in [0.29, 0.717) is 0 Å². The first-order valence-electron chi connectivity index (χ1n) is 9.92. The molecular formula is C20H29N5O6. The Morgan fingerprint density at radius 1 is 1.29 bits per heavy atom. The number of nitrogen functional groups attached to an aromatic ring is 1. The van der Waals surface area contributed by atoms with Gasteiger partial charge in [0.1, 0.15) is 25.0 Å². The Hall–Kier alpha value is -3.21. The summed E-state index contributed by atoms with van der Waals surface area (Å²) < 4.78 is 18.4. The second-order valence-electron chi connectivity index (χ2n) is 7.55. The topological polar surface area (TPSA) is 151 Å². The summed E-state index contributed by atoms with van der Waals surface area (Å²) in [5, 5.41) is 0. The molecular weight excluding hydrogens is 406 g/mol. The number of nitrogens with two attached hydrogens (primary N) is 1. The van der Waals surface area contributed by atoms with E-state index in [0.717, 1.165) is 0 Å². The summed E-state index contributed by atoms with van der Waals surface area (Å²) >= 11 is 0. The van der Waals surface area contributed by atoms with Crippen LogP contribution in [-0.2, 0) is 23.8 Å². The molecule has 1 aliphatic heterocycles. The van der Waals surface area contributed by atoms with Crippen molar-refractivity contribution in [3.8, 4) is 0 Å². The number of carbonyl (C=O) groups is 2. The van der Waals surface area contributed by atoms with Crippen molar-refractivity contribution in [3.05, 3.63) is 29.8 Å². The lowest BCUT2D eigenvalue weighted by Gasteiger charge is -2.20. The predicted octanol–water partition coefficient (Wildman–Crippen LogP) is 1.56. The van der Waals surface area contributed by atoms with E-state index in [-0.39, 0.29) is 53.9 Å². The normalized spacial score (nSPS) is 20.5. The van der Waals surface area contributed by atoms with Gasteiger partial charge in [-0.2, -0.15) is 4.98 Å². The van der Waals surface area contributed by atoms with Gasteiger partial charge in [-0.15, -0.1) is 13.2 Å². The van der Waals surface area contributed by atoms with Gasteiger partial charge in [-0.3, -0.25) is 23.9 Å². The molecule has 2 unspecified atom stereocenters. The van der Waals surface area contributed by atoms with Crippen LogP contribution in [-0.4, -0.2) is 50.3 Å². The number of hydrogen-bond acceptors (Lipinski definition) is 9. The van der Waals surface area contributed by atoms with E-state index in [2.05, 4.69) is 28.1 Å². The van der Waals surface area contributed by atoms with Crippen LogP contribution in [0.3, 0.4) is 0 Å². The quantitative estimate of drug-likeness (QED) is 0.508. The number of fused-ring (bicyclic) bond motifs is 1. The van der Waals surface area contributed by atoms with E-state index in [1.165, 1.54) is 6.33 Å². The Bertz CT molecular complexity index is 982. The SMILES string of the molecule is C=C.CC(C)C(=O)OCC1OC(n2cnc3c(=O)[nH]c(N)nc32)C[C@@H]1OC(=O)C(C)C. The van der Waals surface area contributed by atoms with Crippen molar-refractivity contribution in [2.24, 2.45) is 11.8 Å². The molecule has 0 amide bonds. The molecule has 1 aliphatic rings. The fourth-order valence-electron chi connectivity index (χ4n) is 2.92. The summed E-state index contributed by atoms with van der Waals surface area (Å²) in [6, 6.07) is 0. The van der Waals surface area contributed by atoms with E-state index >= 15 is 0 Å². The predicted molar refractivity (Wildman–Crippen MR) is 113 cm³/mol. The van der Waals surface area contributed by atoms with Gasteiger partial charge >= 0.3 is 11.9 Å². The summed E-state index contributed by atoms with van der Waals surface area (Å²) in [7, 11) is 0. The molecule has 11 heteroatoms. The molecule has 3 heterocycles. The van der Waals surface area contributed by atoms with E-state index < -0.39 is 24.0 Å². The maximum atomic E-state index is 12.1. The van der Waals surface area contributed by atoms with Crippen molar-refractivity contribution in [2.75, 3.05) is 12.3 Å². The Morgan fingerprint density at radius 2 is 1.94 bits per heavy atom. The molecule has 0 bridgehead atoms. The van der Waals surface area contributed by atoms with Crippen molar-refractivity contribution < 1.29 is 23.8 Å². The van der Waals surface area contributed by atoms with Crippen molar-refractivity contribution in [3.63, 3.8) is 0 Å². The molecule has 0 spiro atoms. The number of esters is 2. The lowest BCUT2D eigenvalue weighted by atomic mass is 10.1. The van der Waals surface area contributed by atoms with Gasteiger partial charge in [-0.05, 0) is 0 Å². The van der Waals surface area contributed by atoms with Gasteiger partial charge in [-0.1, -0.05) is 27.7 Å². The van der Waals surface area contributed by atoms with Gasteiger partial charge in [0.2, 0.25) is 5.95 Å². The fraction of sp³-hybridized carbons (Fsp3) is 0.550. The smallest absolute Gasteiger partial charge is 0.308 e. The minimum atomic E-state index is -0.665. The molecule has 1 fully saturated rings. The number of nitrogens with one attached hydrogen (secondary N) is 1. The third-order valence-corrected chi connectivity index (χ3v) is 4.54. The van der Waals surface area contributed by atoms with Crippen LogP contribution in [0.25, 0.3) is 11.2 Å². The van der Waals surface area contributed by atoms with Crippen LogP contribution in [0.5, 0.6) is 0 Å². The molecule has 170 valence electrons. The van der Waals surface area contributed by atoms with E-state index in [1.807, 2.05) is 0 Å². The minimum absolute atomic E-state index is 0.0487. The molecule has 31 heavy (non-hydrogen) atoms. The number of aromatic amines is 1. The number of hydrogen-bond donors (Lipinski definition) is 2. The Morgan fingerprint density at radius 3 is 2.55 bits per heavy atom. The summed E-state index contributed by atoms with van der Waals surface area (Å²) in [5.41, 5.74) is 5.55. The second kappa shape index (κ2) is 10.2. The molecule has 0 aliphatic carbocycles. The van der Waals surface area contributed by atoms with Gasteiger partial charge in [0.15, 0.2) is 11.2 Å². The summed E-state index contributed by atoms with van der Waals surface area (Å²) in [5.74, 6) is -1.41. The van der Waals surface area contributed by atoms with E-state index in [4.69, 9.17) is 19.9 Å². The molecule has 0 radical (unpaired) electrons. The van der Waals surface area contributed by atoms with Crippen LogP contribution in [0.1, 0.15) is 40.3 Å². The number of rotatable bonds is 6. The number of aromatic nitrogens is 4. The maximum Gasteiger partial charge on any atom is 0.308 e. The number of carbonyl (C=O) groups excluding carboxylic acids is 2. The lowest BCUT2D eigenvalue weighted by Crippen LogP contribution is -2.33.